The molecule has 0 bridgehead atoms. The lowest BCUT2D eigenvalue weighted by molar-refractivity contribution is -0.220. The van der Waals surface area contributed by atoms with Crippen LogP contribution in [0, 0.1) is 0 Å². The van der Waals surface area contributed by atoms with Crippen molar-refractivity contribution in [1.82, 2.24) is 0 Å². The molecular weight excluding hydrogens is 828 g/mol. The minimum absolute atomic E-state index is 0.0877. The van der Waals surface area contributed by atoms with Crippen molar-refractivity contribution in [3.8, 4) is 0 Å². The smallest absolute Gasteiger partial charge is 0.462 e. The predicted octanol–water partition coefficient (Wildman–Crippen LogP) is 9.95. The maximum absolute atomic E-state index is 12.8. The second-order valence-corrected chi connectivity index (χ2v) is 18.4. The summed E-state index contributed by atoms with van der Waals surface area (Å²) in [5, 5.41) is 50.2. The molecule has 0 aromatic carbocycles. The molecule has 0 heterocycles. The van der Waals surface area contributed by atoms with Gasteiger partial charge in [0.1, 0.15) is 43.2 Å². The average molecular weight is 915 g/mol. The van der Waals surface area contributed by atoms with Gasteiger partial charge in [-0.2, -0.15) is 0 Å². The number of aliphatic hydroxyl groups excluding tert-OH is 5. The van der Waals surface area contributed by atoms with Gasteiger partial charge in [-0.05, 0) is 77.0 Å². The number of rotatable bonds is 40. The zero-order valence-electron chi connectivity index (χ0n) is 38.9. The lowest BCUT2D eigenvalue weighted by atomic mass is 9.85. The molecule has 6 unspecified atom stereocenters. The van der Waals surface area contributed by atoms with Crippen LogP contribution in [0.25, 0.3) is 0 Å². The zero-order valence-corrected chi connectivity index (χ0v) is 39.8. The number of hydrogen-bond acceptors (Lipinski definition) is 12. The highest BCUT2D eigenvalue weighted by Gasteiger charge is 2.51. The number of carbonyl (C=O) groups excluding carboxylic acids is 2. The number of unbranched alkanes of at least 4 members (excludes halogenated alkanes) is 20. The molecule has 1 aliphatic rings. The molecule has 6 N–H and O–H groups in total. The largest absolute Gasteiger partial charge is 0.472 e. The number of allylic oxidation sites excluding steroid dienone is 8. The summed E-state index contributed by atoms with van der Waals surface area (Å²) in [5.41, 5.74) is 0. The Balaban J connectivity index is 2.44. The predicted molar refractivity (Wildman–Crippen MR) is 249 cm³/mol. The van der Waals surface area contributed by atoms with E-state index in [0.29, 0.717) is 12.8 Å². The summed E-state index contributed by atoms with van der Waals surface area (Å²) in [6.07, 6.45) is 32.9. The van der Waals surface area contributed by atoms with Gasteiger partial charge in [0.2, 0.25) is 0 Å². The Hall–Kier alpha value is -2.19. The molecule has 1 aliphatic carbocycles. The van der Waals surface area contributed by atoms with Gasteiger partial charge in [0.25, 0.3) is 0 Å². The molecule has 0 spiro atoms. The summed E-state index contributed by atoms with van der Waals surface area (Å²) in [6, 6.07) is 0. The van der Waals surface area contributed by atoms with E-state index in [9.17, 15) is 44.6 Å². The van der Waals surface area contributed by atoms with Crippen LogP contribution in [0.3, 0.4) is 0 Å². The third-order valence-electron chi connectivity index (χ3n) is 11.1. The van der Waals surface area contributed by atoms with Crippen LogP contribution >= 0.6 is 7.82 Å². The first kappa shape index (κ1) is 58.8. The molecule has 0 aromatic heterocycles. The second-order valence-electron chi connectivity index (χ2n) is 17.0. The number of carbonyl (C=O) groups is 2. The Morgan fingerprint density at radius 1 is 0.492 bits per heavy atom. The normalized spacial score (nSPS) is 22.1. The topological polar surface area (TPSA) is 210 Å². The number of phosphoric acid groups is 1. The van der Waals surface area contributed by atoms with E-state index in [0.717, 1.165) is 83.5 Å². The standard InChI is InChI=1S/C49H87O13P/c1-3-5-7-9-11-13-15-17-19-20-21-22-24-26-28-30-32-34-36-38-43(51)61-41(40-60-63(57,58)62-49-47(55)45(53)44(52)46(54)48(49)56)39-59-42(50)37-35-33-31-29-27-25-23-18-16-14-12-10-8-6-4-2/h11-14,17-19,23,41,44-49,52-56H,3-10,15-16,20-22,24-40H2,1-2H3,(H,57,58)/b13-11+,14-12+,19-17+,23-18+/t41-,44?,45-,46?,47?,48?,49?/m1/s1. The Morgan fingerprint density at radius 2 is 0.857 bits per heavy atom. The number of esters is 2. The van der Waals surface area contributed by atoms with Gasteiger partial charge in [-0.15, -0.1) is 0 Å². The number of aliphatic hydroxyl groups is 5. The van der Waals surface area contributed by atoms with Crippen molar-refractivity contribution in [2.45, 2.75) is 236 Å². The first-order chi connectivity index (χ1) is 30.4. The van der Waals surface area contributed by atoms with Gasteiger partial charge >= 0.3 is 19.8 Å². The quantitative estimate of drug-likeness (QED) is 0.0147. The highest BCUT2D eigenvalue weighted by atomic mass is 31.2. The Kier molecular flexibility index (Phi) is 36.4. The zero-order chi connectivity index (χ0) is 46.4. The van der Waals surface area contributed by atoms with Crippen molar-refractivity contribution in [2.75, 3.05) is 13.2 Å². The Labute approximate surface area is 380 Å². The van der Waals surface area contributed by atoms with Crippen LogP contribution in [0.4, 0.5) is 0 Å². The SMILES string of the molecule is CCCCC/C=C/C/C=C/CCCCCCCCCCCC(=O)O[C@H](COC(=O)CCCCCCC/C=C/C/C=C/CCCCC)COP(=O)(O)OC1C(O)C(O)C(O)[C@@H](O)C1O. The van der Waals surface area contributed by atoms with Gasteiger partial charge in [-0.25, -0.2) is 4.57 Å². The van der Waals surface area contributed by atoms with Crippen LogP contribution in [0.15, 0.2) is 48.6 Å². The first-order valence-corrected chi connectivity index (χ1v) is 25.9. The highest BCUT2D eigenvalue weighted by Crippen LogP contribution is 2.47. The molecule has 0 aromatic rings. The van der Waals surface area contributed by atoms with Crippen LogP contribution in [0.2, 0.25) is 0 Å². The van der Waals surface area contributed by atoms with E-state index in [1.807, 2.05) is 0 Å². The molecule has 1 rings (SSSR count). The maximum Gasteiger partial charge on any atom is 0.472 e. The minimum Gasteiger partial charge on any atom is -0.462 e. The van der Waals surface area contributed by atoms with Gasteiger partial charge in [0.15, 0.2) is 6.10 Å². The third-order valence-corrected chi connectivity index (χ3v) is 12.1. The van der Waals surface area contributed by atoms with E-state index in [1.165, 1.54) is 70.6 Å². The Bertz CT molecular complexity index is 1290. The first-order valence-electron chi connectivity index (χ1n) is 24.4. The number of phosphoric ester groups is 1. The van der Waals surface area contributed by atoms with Crippen LogP contribution in [-0.2, 0) is 32.7 Å². The van der Waals surface area contributed by atoms with Crippen molar-refractivity contribution < 1.29 is 63.1 Å². The van der Waals surface area contributed by atoms with E-state index >= 15 is 0 Å². The monoisotopic (exact) mass is 915 g/mol. The van der Waals surface area contributed by atoms with Crippen LogP contribution < -0.4 is 0 Å². The average Bonchev–Trinajstić information content (AvgIpc) is 3.26. The van der Waals surface area contributed by atoms with Crippen molar-refractivity contribution in [3.05, 3.63) is 48.6 Å². The van der Waals surface area contributed by atoms with Gasteiger partial charge in [-0.1, -0.05) is 152 Å². The summed E-state index contributed by atoms with van der Waals surface area (Å²) in [7, 11) is -5.13. The van der Waals surface area contributed by atoms with Crippen LogP contribution in [0.5, 0.6) is 0 Å². The maximum atomic E-state index is 12.8. The molecule has 13 nitrogen and oxygen atoms in total. The van der Waals surface area contributed by atoms with Crippen molar-refractivity contribution in [1.29, 1.82) is 0 Å². The number of hydrogen-bond donors (Lipinski definition) is 6. The van der Waals surface area contributed by atoms with Crippen LogP contribution in [-0.4, -0.2) is 98.3 Å². The fraction of sp³-hybridized carbons (Fsp3) is 0.796. The lowest BCUT2D eigenvalue weighted by Crippen LogP contribution is -2.64. The van der Waals surface area contributed by atoms with E-state index < -0.39 is 75.7 Å². The summed E-state index contributed by atoms with van der Waals surface area (Å²) in [4.78, 5) is 35.8. The molecular formula is C49H87O13P. The molecule has 63 heavy (non-hydrogen) atoms. The molecule has 0 radical (unpaired) electrons. The van der Waals surface area contributed by atoms with Gasteiger partial charge in [0.05, 0.1) is 6.61 Å². The van der Waals surface area contributed by atoms with Crippen molar-refractivity contribution in [3.63, 3.8) is 0 Å². The van der Waals surface area contributed by atoms with E-state index in [1.54, 1.807) is 0 Å². The highest BCUT2D eigenvalue weighted by molar-refractivity contribution is 7.47. The van der Waals surface area contributed by atoms with Gasteiger partial charge < -0.3 is 39.9 Å². The minimum atomic E-state index is -5.13. The Morgan fingerprint density at radius 3 is 1.29 bits per heavy atom. The summed E-state index contributed by atoms with van der Waals surface area (Å²) in [6.45, 7) is 3.24. The second kappa shape index (κ2) is 39.0. The molecule has 0 aliphatic heterocycles. The third kappa shape index (κ3) is 31.4. The fourth-order valence-corrected chi connectivity index (χ4v) is 8.14. The van der Waals surface area contributed by atoms with E-state index in [2.05, 4.69) is 62.5 Å². The van der Waals surface area contributed by atoms with Crippen LogP contribution in [0.1, 0.15) is 194 Å². The summed E-state index contributed by atoms with van der Waals surface area (Å²) < 4.78 is 33.6. The van der Waals surface area contributed by atoms with Gasteiger partial charge in [-0.3, -0.25) is 18.6 Å². The molecule has 0 amide bonds. The molecule has 8 atom stereocenters. The van der Waals surface area contributed by atoms with Gasteiger partial charge in [0, 0.05) is 12.8 Å². The molecule has 366 valence electrons. The molecule has 1 saturated carbocycles. The van der Waals surface area contributed by atoms with E-state index in [-0.39, 0.29) is 12.8 Å². The van der Waals surface area contributed by atoms with Crippen molar-refractivity contribution >= 4 is 19.8 Å². The molecule has 1 fully saturated rings. The number of ether oxygens (including phenoxy) is 2. The molecule has 14 heteroatoms. The summed E-state index contributed by atoms with van der Waals surface area (Å²) in [5.74, 6) is -1.12. The van der Waals surface area contributed by atoms with E-state index in [4.69, 9.17) is 18.5 Å². The lowest BCUT2D eigenvalue weighted by Gasteiger charge is -2.41. The fourth-order valence-electron chi connectivity index (χ4n) is 7.17. The van der Waals surface area contributed by atoms with Crippen molar-refractivity contribution in [2.24, 2.45) is 0 Å². The molecule has 0 saturated heterocycles. The summed E-state index contributed by atoms with van der Waals surface area (Å²) >= 11 is 0.